The second-order valence-corrected chi connectivity index (χ2v) is 5.48. The third kappa shape index (κ3) is 2.25. The van der Waals surface area contributed by atoms with Crippen LogP contribution in [0.15, 0.2) is 17.8 Å². The van der Waals surface area contributed by atoms with Crippen LogP contribution in [0.2, 0.25) is 0 Å². The Morgan fingerprint density at radius 1 is 1.47 bits per heavy atom. The van der Waals surface area contributed by atoms with Gasteiger partial charge in [0.25, 0.3) is 0 Å². The molecule has 90 valence electrons. The van der Waals surface area contributed by atoms with Gasteiger partial charge in [0, 0.05) is 12.1 Å². The normalized spacial score (nSPS) is 25.0. The molecule has 0 aliphatic carbocycles. The summed E-state index contributed by atoms with van der Waals surface area (Å²) in [6.07, 6.45) is 3.95. The first-order valence-corrected chi connectivity index (χ1v) is 6.89. The van der Waals surface area contributed by atoms with Crippen LogP contribution in [0.25, 0.3) is 10.2 Å². The molecule has 0 amide bonds. The number of nitrogens with zero attached hydrogens (tertiary/aromatic N) is 2. The number of hydrogen-bond donors (Lipinski definition) is 2. The van der Waals surface area contributed by atoms with Crippen molar-refractivity contribution >= 4 is 27.4 Å². The van der Waals surface area contributed by atoms with E-state index < -0.39 is 0 Å². The van der Waals surface area contributed by atoms with E-state index in [1.807, 2.05) is 0 Å². The van der Waals surface area contributed by atoms with E-state index in [4.69, 9.17) is 0 Å². The highest BCUT2D eigenvalue weighted by Gasteiger charge is 2.19. The molecule has 17 heavy (non-hydrogen) atoms. The highest BCUT2D eigenvalue weighted by Crippen LogP contribution is 2.25. The van der Waals surface area contributed by atoms with Crippen molar-refractivity contribution in [3.05, 3.63) is 17.8 Å². The molecule has 1 saturated heterocycles. The van der Waals surface area contributed by atoms with Gasteiger partial charge in [0.15, 0.2) is 0 Å². The summed E-state index contributed by atoms with van der Waals surface area (Å²) in [6, 6.07) is 3.19. The van der Waals surface area contributed by atoms with Crippen molar-refractivity contribution in [1.29, 1.82) is 0 Å². The first-order valence-electron chi connectivity index (χ1n) is 6.01. The number of aromatic nitrogens is 2. The summed E-state index contributed by atoms with van der Waals surface area (Å²) >= 11 is 1.66. The van der Waals surface area contributed by atoms with Gasteiger partial charge >= 0.3 is 0 Å². The van der Waals surface area contributed by atoms with Crippen LogP contribution in [0.3, 0.4) is 0 Å². The molecular weight excluding hydrogens is 232 g/mol. The topological polar surface area (TPSA) is 49.8 Å². The molecule has 1 aliphatic rings. The maximum Gasteiger partial charge on any atom is 0.138 e. The molecule has 0 spiro atoms. The molecule has 2 atom stereocenters. The summed E-state index contributed by atoms with van der Waals surface area (Å²) in [7, 11) is 0. The molecule has 2 aromatic heterocycles. The Hall–Kier alpha value is -1.20. The Labute approximate surface area is 104 Å². The summed E-state index contributed by atoms with van der Waals surface area (Å²) < 4.78 is 0. The van der Waals surface area contributed by atoms with Gasteiger partial charge < -0.3 is 10.6 Å². The molecule has 0 radical (unpaired) electrons. The lowest BCUT2D eigenvalue weighted by Crippen LogP contribution is -2.41. The number of thiophene rings is 1. The molecule has 0 saturated carbocycles. The molecule has 3 rings (SSSR count). The molecule has 1 aliphatic heterocycles. The zero-order valence-electron chi connectivity index (χ0n) is 9.81. The molecule has 0 aromatic carbocycles. The summed E-state index contributed by atoms with van der Waals surface area (Å²) in [5, 5.41) is 10.2. The van der Waals surface area contributed by atoms with Crippen molar-refractivity contribution in [3.8, 4) is 0 Å². The van der Waals surface area contributed by atoms with Crippen LogP contribution in [-0.4, -0.2) is 28.6 Å². The van der Waals surface area contributed by atoms with E-state index in [0.29, 0.717) is 12.1 Å². The minimum absolute atomic E-state index is 0.518. The fourth-order valence-electron chi connectivity index (χ4n) is 2.36. The van der Waals surface area contributed by atoms with Crippen molar-refractivity contribution in [3.63, 3.8) is 0 Å². The molecule has 0 bridgehead atoms. The van der Waals surface area contributed by atoms with Gasteiger partial charge in [0.2, 0.25) is 0 Å². The summed E-state index contributed by atoms with van der Waals surface area (Å²) in [5.74, 6) is 0.982. The number of nitrogens with one attached hydrogen (secondary N) is 2. The average Bonchev–Trinajstić information content (AvgIpc) is 2.78. The second kappa shape index (κ2) is 4.58. The molecule has 2 aromatic rings. The molecule has 5 heteroatoms. The van der Waals surface area contributed by atoms with Crippen LogP contribution >= 0.6 is 11.3 Å². The molecule has 1 fully saturated rings. The second-order valence-electron chi connectivity index (χ2n) is 4.58. The van der Waals surface area contributed by atoms with Crippen LogP contribution in [0.5, 0.6) is 0 Å². The van der Waals surface area contributed by atoms with Gasteiger partial charge in [-0.15, -0.1) is 11.3 Å². The molecule has 3 heterocycles. The minimum atomic E-state index is 0.518. The van der Waals surface area contributed by atoms with Crippen LogP contribution in [0, 0.1) is 0 Å². The van der Waals surface area contributed by atoms with E-state index in [1.54, 1.807) is 17.7 Å². The molecule has 2 N–H and O–H groups in total. The summed E-state index contributed by atoms with van der Waals surface area (Å²) in [4.78, 5) is 9.69. The molecule has 4 nitrogen and oxygen atoms in total. The van der Waals surface area contributed by atoms with Crippen molar-refractivity contribution in [2.75, 3.05) is 11.9 Å². The molecular formula is C12H16N4S. The highest BCUT2D eigenvalue weighted by molar-refractivity contribution is 7.16. The lowest BCUT2D eigenvalue weighted by Gasteiger charge is -2.29. The SMILES string of the molecule is CC1CC(Nc2ncnc3sccc23)CCN1. The van der Waals surface area contributed by atoms with Crippen molar-refractivity contribution in [2.45, 2.75) is 31.8 Å². The van der Waals surface area contributed by atoms with Crippen LogP contribution in [-0.2, 0) is 0 Å². The largest absolute Gasteiger partial charge is 0.367 e. The predicted octanol–water partition coefficient (Wildman–Crippen LogP) is 2.24. The number of rotatable bonds is 2. The summed E-state index contributed by atoms with van der Waals surface area (Å²) in [6.45, 7) is 3.31. The van der Waals surface area contributed by atoms with E-state index in [-0.39, 0.29) is 0 Å². The summed E-state index contributed by atoms with van der Waals surface area (Å²) in [5.41, 5.74) is 0. The lowest BCUT2D eigenvalue weighted by molar-refractivity contribution is 0.396. The predicted molar refractivity (Wildman–Crippen MR) is 71.5 cm³/mol. The third-order valence-corrected chi connectivity index (χ3v) is 4.05. The van der Waals surface area contributed by atoms with Crippen LogP contribution in [0.4, 0.5) is 5.82 Å². The van der Waals surface area contributed by atoms with E-state index in [9.17, 15) is 0 Å². The lowest BCUT2D eigenvalue weighted by atomic mass is 10.0. The maximum absolute atomic E-state index is 4.36. The average molecular weight is 248 g/mol. The van der Waals surface area contributed by atoms with Crippen LogP contribution in [0.1, 0.15) is 19.8 Å². The monoisotopic (exact) mass is 248 g/mol. The van der Waals surface area contributed by atoms with E-state index >= 15 is 0 Å². The number of fused-ring (bicyclic) bond motifs is 1. The standard InChI is InChI=1S/C12H16N4S/c1-8-6-9(2-4-13-8)16-11-10-3-5-17-12(10)15-7-14-11/h3,5,7-9,13H,2,4,6H2,1H3,(H,14,15,16). The Kier molecular flexibility index (Phi) is 2.94. The fraction of sp³-hybridized carbons (Fsp3) is 0.500. The first-order chi connectivity index (χ1) is 8.33. The smallest absolute Gasteiger partial charge is 0.138 e. The highest BCUT2D eigenvalue weighted by atomic mass is 32.1. The van der Waals surface area contributed by atoms with E-state index in [0.717, 1.165) is 35.4 Å². The van der Waals surface area contributed by atoms with Crippen molar-refractivity contribution < 1.29 is 0 Å². The van der Waals surface area contributed by atoms with Gasteiger partial charge in [-0.1, -0.05) is 0 Å². The van der Waals surface area contributed by atoms with Gasteiger partial charge in [-0.05, 0) is 37.8 Å². The Morgan fingerprint density at radius 2 is 2.41 bits per heavy atom. The van der Waals surface area contributed by atoms with E-state index in [2.05, 4.69) is 39.0 Å². The van der Waals surface area contributed by atoms with Crippen LogP contribution < -0.4 is 10.6 Å². The first kappa shape index (κ1) is 10.9. The van der Waals surface area contributed by atoms with Gasteiger partial charge in [0.05, 0.1) is 5.39 Å². The Balaban J connectivity index is 1.82. The third-order valence-electron chi connectivity index (χ3n) is 3.23. The van der Waals surface area contributed by atoms with Gasteiger partial charge in [0.1, 0.15) is 17.0 Å². The number of hydrogen-bond acceptors (Lipinski definition) is 5. The van der Waals surface area contributed by atoms with Gasteiger partial charge in [-0.3, -0.25) is 0 Å². The maximum atomic E-state index is 4.36. The Morgan fingerprint density at radius 3 is 3.29 bits per heavy atom. The Bertz CT molecular complexity index is 510. The fourth-order valence-corrected chi connectivity index (χ4v) is 3.09. The number of anilines is 1. The zero-order chi connectivity index (χ0) is 11.7. The minimum Gasteiger partial charge on any atom is -0.367 e. The molecule has 2 unspecified atom stereocenters. The van der Waals surface area contributed by atoms with E-state index in [1.165, 1.54) is 0 Å². The van der Waals surface area contributed by atoms with Crippen molar-refractivity contribution in [1.82, 2.24) is 15.3 Å². The van der Waals surface area contributed by atoms with Crippen molar-refractivity contribution in [2.24, 2.45) is 0 Å². The van der Waals surface area contributed by atoms with Gasteiger partial charge in [-0.2, -0.15) is 0 Å². The number of piperidine rings is 1. The van der Waals surface area contributed by atoms with Gasteiger partial charge in [-0.25, -0.2) is 9.97 Å². The quantitative estimate of drug-likeness (QED) is 0.856. The zero-order valence-corrected chi connectivity index (χ0v) is 10.6.